The van der Waals surface area contributed by atoms with E-state index in [2.05, 4.69) is 54.2 Å². The molecule has 1 atom stereocenters. The van der Waals surface area contributed by atoms with Gasteiger partial charge in [0.2, 0.25) is 5.95 Å². The van der Waals surface area contributed by atoms with Crippen molar-refractivity contribution in [2.75, 3.05) is 63.9 Å². The Kier molecular flexibility index (Phi) is 10.1. The fourth-order valence-corrected chi connectivity index (χ4v) is 7.59. The number of ether oxygens (including phenoxy) is 1. The highest BCUT2D eigenvalue weighted by Gasteiger charge is 2.42. The Morgan fingerprint density at radius 3 is 2.67 bits per heavy atom. The van der Waals surface area contributed by atoms with Crippen LogP contribution in [-0.2, 0) is 16.7 Å². The first-order valence-corrected chi connectivity index (χ1v) is 17.8. The van der Waals surface area contributed by atoms with Crippen LogP contribution in [0.1, 0.15) is 42.1 Å². The molecule has 2 fully saturated rings. The topological polar surface area (TPSA) is 97.4 Å². The number of carbonyl (C=O) groups is 1. The Morgan fingerprint density at radius 1 is 0.939 bits per heavy atom. The van der Waals surface area contributed by atoms with E-state index < -0.39 is 0 Å². The molecule has 4 heterocycles. The number of halogens is 2. The quantitative estimate of drug-likeness (QED) is 0.161. The van der Waals surface area contributed by atoms with Crippen LogP contribution in [0.2, 0.25) is 10.0 Å². The Bertz CT molecular complexity index is 1900. The zero-order valence-corrected chi connectivity index (χ0v) is 29.2. The van der Waals surface area contributed by atoms with Crippen molar-refractivity contribution in [1.29, 1.82) is 0 Å². The van der Waals surface area contributed by atoms with Crippen LogP contribution in [0, 0.1) is 0 Å². The molecule has 256 valence electrons. The lowest BCUT2D eigenvalue weighted by molar-refractivity contribution is 0.0781. The van der Waals surface area contributed by atoms with E-state index in [0.717, 1.165) is 86.8 Å². The summed E-state index contributed by atoms with van der Waals surface area (Å²) in [4.78, 5) is 25.9. The smallest absolute Gasteiger partial charge is 0.253 e. The molecule has 49 heavy (non-hydrogen) atoms. The van der Waals surface area contributed by atoms with E-state index in [1.54, 1.807) is 4.68 Å². The second-order valence-corrected chi connectivity index (χ2v) is 13.7. The van der Waals surface area contributed by atoms with Gasteiger partial charge in [-0.25, -0.2) is 9.67 Å². The van der Waals surface area contributed by atoms with E-state index in [9.17, 15) is 4.79 Å². The predicted octanol–water partition coefficient (Wildman–Crippen LogP) is 5.74. The molecule has 0 N–H and O–H groups in total. The van der Waals surface area contributed by atoms with E-state index >= 15 is 0 Å². The highest BCUT2D eigenvalue weighted by atomic mass is 35.5. The van der Waals surface area contributed by atoms with E-state index in [0.29, 0.717) is 41.9 Å². The van der Waals surface area contributed by atoms with Gasteiger partial charge in [0.25, 0.3) is 5.91 Å². The molecule has 2 aromatic heterocycles. The normalized spacial score (nSPS) is 18.8. The summed E-state index contributed by atoms with van der Waals surface area (Å²) in [6, 6.07) is 21.7. The number of fused-ring (bicyclic) bond motifs is 1. The van der Waals surface area contributed by atoms with Crippen LogP contribution < -0.4 is 4.90 Å². The minimum absolute atomic E-state index is 0.00509. The fourth-order valence-electron chi connectivity index (χ4n) is 7.29. The molecule has 0 saturated carbocycles. The van der Waals surface area contributed by atoms with Crippen molar-refractivity contribution in [3.05, 3.63) is 94.2 Å². The van der Waals surface area contributed by atoms with Crippen LogP contribution in [0.25, 0.3) is 16.7 Å². The van der Waals surface area contributed by atoms with E-state index in [1.807, 2.05) is 54.3 Å². The second kappa shape index (κ2) is 14.8. The number of nitrogens with zero attached hydrogens (tertiary/aromatic N) is 9. The van der Waals surface area contributed by atoms with Crippen LogP contribution in [0.3, 0.4) is 0 Å². The third-order valence-electron chi connectivity index (χ3n) is 9.96. The molecule has 2 aliphatic heterocycles. The third kappa shape index (κ3) is 7.17. The molecule has 2 aliphatic rings. The van der Waals surface area contributed by atoms with Crippen molar-refractivity contribution in [3.63, 3.8) is 0 Å². The molecule has 13 heteroatoms. The van der Waals surface area contributed by atoms with Gasteiger partial charge in [0.15, 0.2) is 0 Å². The summed E-state index contributed by atoms with van der Waals surface area (Å²) in [5, 5.41) is 12.5. The van der Waals surface area contributed by atoms with Crippen molar-refractivity contribution in [2.24, 2.45) is 0 Å². The number of imidazole rings is 1. The zero-order chi connectivity index (χ0) is 33.8. The average molecular weight is 703 g/mol. The van der Waals surface area contributed by atoms with Gasteiger partial charge in [-0.3, -0.25) is 4.79 Å². The van der Waals surface area contributed by atoms with Crippen molar-refractivity contribution in [2.45, 2.75) is 38.1 Å². The molecule has 3 aromatic carbocycles. The molecule has 11 nitrogen and oxygen atoms in total. The van der Waals surface area contributed by atoms with E-state index in [4.69, 9.17) is 32.9 Å². The molecular weight excluding hydrogens is 661 g/mol. The molecule has 1 amide bonds. The summed E-state index contributed by atoms with van der Waals surface area (Å²) in [5.41, 5.74) is 4.38. The minimum Gasteiger partial charge on any atom is -0.380 e. The lowest BCUT2D eigenvalue weighted by Gasteiger charge is -2.33. The summed E-state index contributed by atoms with van der Waals surface area (Å²) in [5.74, 6) is 1.01. The Morgan fingerprint density at radius 2 is 1.84 bits per heavy atom. The molecule has 0 spiro atoms. The number of aromatic nitrogens is 6. The van der Waals surface area contributed by atoms with E-state index in [1.165, 1.54) is 6.33 Å². The summed E-state index contributed by atoms with van der Waals surface area (Å²) in [7, 11) is 0. The van der Waals surface area contributed by atoms with Crippen molar-refractivity contribution < 1.29 is 9.53 Å². The monoisotopic (exact) mass is 701 g/mol. The van der Waals surface area contributed by atoms with Gasteiger partial charge in [0.1, 0.15) is 6.33 Å². The first-order chi connectivity index (χ1) is 23.9. The molecule has 5 aromatic rings. The largest absolute Gasteiger partial charge is 0.380 e. The van der Waals surface area contributed by atoms with Crippen LogP contribution in [0.4, 0.5) is 5.95 Å². The lowest BCUT2D eigenvalue weighted by atomic mass is 9.76. The number of anilines is 1. The first-order valence-electron chi connectivity index (χ1n) is 17.0. The van der Waals surface area contributed by atoms with Crippen molar-refractivity contribution >= 4 is 46.1 Å². The maximum absolute atomic E-state index is 13.9. The van der Waals surface area contributed by atoms with Crippen molar-refractivity contribution in [1.82, 2.24) is 39.6 Å². The number of hydrogen-bond donors (Lipinski definition) is 0. The number of amides is 1. The van der Waals surface area contributed by atoms with Gasteiger partial charge in [0, 0.05) is 56.9 Å². The Hall–Kier alpha value is -4.03. The summed E-state index contributed by atoms with van der Waals surface area (Å²) < 4.78 is 9.59. The number of rotatable bonds is 11. The van der Waals surface area contributed by atoms with Gasteiger partial charge in [0.05, 0.1) is 33.4 Å². The summed E-state index contributed by atoms with van der Waals surface area (Å²) >= 11 is 12.9. The third-order valence-corrected chi connectivity index (χ3v) is 10.7. The van der Waals surface area contributed by atoms with E-state index in [-0.39, 0.29) is 11.3 Å². The maximum atomic E-state index is 13.9. The Labute approximate surface area is 296 Å². The SMILES string of the molecule is CCOCCn1c(N2CCCN(CCC3(c4ccc(Cl)c(Cl)c4)CCN(C(=O)c4cccc(-n5cnnn5)c4)C3)CC2)nc2ccccc21. The number of hydrogen-bond acceptors (Lipinski definition) is 8. The van der Waals surface area contributed by atoms with Crippen LogP contribution in [0.15, 0.2) is 73.1 Å². The number of likely N-dealkylation sites (tertiary alicyclic amines) is 1. The van der Waals surface area contributed by atoms with Gasteiger partial charge < -0.3 is 24.0 Å². The lowest BCUT2D eigenvalue weighted by Crippen LogP contribution is -2.39. The van der Waals surface area contributed by atoms with Gasteiger partial charge in [-0.15, -0.1) is 5.10 Å². The standard InChI is InChI=1S/C36H41Cl2N9O2/c1-2-49-22-21-46-33-10-4-3-9-32(33)40-35(46)44-16-6-15-43(19-20-44)17-13-36(28-11-12-30(37)31(38)24-28)14-18-45(25-36)34(48)27-7-5-8-29(23-27)47-26-39-41-42-47/h3-5,7-12,23-24,26H,2,6,13-22,25H2,1H3. The molecular formula is C36H41Cl2N9O2. The van der Waals surface area contributed by atoms with Gasteiger partial charge in [-0.1, -0.05) is 47.5 Å². The molecule has 0 aliphatic carbocycles. The number of tetrazole rings is 1. The number of carbonyl (C=O) groups excluding carboxylic acids is 1. The van der Waals surface area contributed by atoms with Gasteiger partial charge in [-0.05, 0) is 97.7 Å². The fraction of sp³-hybridized carbons (Fsp3) is 0.417. The predicted molar refractivity (Wildman–Crippen MR) is 192 cm³/mol. The molecule has 1 unspecified atom stereocenters. The summed E-state index contributed by atoms with van der Waals surface area (Å²) in [6.07, 6.45) is 4.30. The van der Waals surface area contributed by atoms with Gasteiger partial charge in [-0.2, -0.15) is 0 Å². The molecule has 7 rings (SSSR count). The number of benzene rings is 3. The highest BCUT2D eigenvalue weighted by Crippen LogP contribution is 2.41. The minimum atomic E-state index is -0.253. The zero-order valence-electron chi connectivity index (χ0n) is 27.7. The number of para-hydroxylation sites is 2. The van der Waals surface area contributed by atoms with Crippen LogP contribution in [0.5, 0.6) is 0 Å². The maximum Gasteiger partial charge on any atom is 0.253 e. The first kappa shape index (κ1) is 33.5. The average Bonchev–Trinajstić information content (AvgIpc) is 3.86. The van der Waals surface area contributed by atoms with Gasteiger partial charge >= 0.3 is 0 Å². The Balaban J connectivity index is 1.07. The van der Waals surface area contributed by atoms with Crippen LogP contribution in [-0.4, -0.2) is 104 Å². The van der Waals surface area contributed by atoms with Crippen molar-refractivity contribution in [3.8, 4) is 5.69 Å². The highest BCUT2D eigenvalue weighted by molar-refractivity contribution is 6.42. The molecule has 2 saturated heterocycles. The molecule has 0 radical (unpaired) electrons. The van der Waals surface area contributed by atoms with Crippen LogP contribution >= 0.6 is 23.2 Å². The summed E-state index contributed by atoms with van der Waals surface area (Å²) in [6.45, 7) is 10.1. The second-order valence-electron chi connectivity index (χ2n) is 12.9. The molecule has 0 bridgehead atoms.